The van der Waals surface area contributed by atoms with Gasteiger partial charge in [-0.2, -0.15) is 0 Å². The fourth-order valence-electron chi connectivity index (χ4n) is 1.89. The van der Waals surface area contributed by atoms with Crippen LogP contribution in [0.1, 0.15) is 27.7 Å². The lowest BCUT2D eigenvalue weighted by Crippen LogP contribution is -2.16. The maximum absolute atomic E-state index is 11.0. The molecule has 0 bridgehead atoms. The molecule has 0 radical (unpaired) electrons. The first-order valence-corrected chi connectivity index (χ1v) is 4.31. The predicted molar refractivity (Wildman–Crippen MR) is 49.4 cm³/mol. The standard InChI is InChI=1S/C10H17NO/c1-6(2)5-7-8(9(11)12)10(7,3)4/h5,7-8H,1-4H3,(H2,11,12)/t7-,8+/m0/s1. The van der Waals surface area contributed by atoms with Gasteiger partial charge in [0.2, 0.25) is 5.91 Å². The van der Waals surface area contributed by atoms with Crippen LogP contribution in [0, 0.1) is 17.3 Å². The summed E-state index contributed by atoms with van der Waals surface area (Å²) in [7, 11) is 0. The Morgan fingerprint density at radius 3 is 2.17 bits per heavy atom. The molecular formula is C10H17NO. The molecule has 0 aromatic rings. The number of hydrogen-bond acceptors (Lipinski definition) is 1. The van der Waals surface area contributed by atoms with Gasteiger partial charge in [0.25, 0.3) is 0 Å². The van der Waals surface area contributed by atoms with E-state index in [-0.39, 0.29) is 17.2 Å². The van der Waals surface area contributed by atoms with Crippen LogP contribution in [0.5, 0.6) is 0 Å². The molecule has 1 aliphatic carbocycles. The summed E-state index contributed by atoms with van der Waals surface area (Å²) in [6.07, 6.45) is 2.15. The molecule has 68 valence electrons. The van der Waals surface area contributed by atoms with Crippen molar-refractivity contribution in [3.05, 3.63) is 11.6 Å². The van der Waals surface area contributed by atoms with Crippen LogP contribution in [-0.4, -0.2) is 5.91 Å². The van der Waals surface area contributed by atoms with Crippen LogP contribution in [0.4, 0.5) is 0 Å². The summed E-state index contributed by atoms with van der Waals surface area (Å²) in [5, 5.41) is 0. The summed E-state index contributed by atoms with van der Waals surface area (Å²) in [6.45, 7) is 8.28. The van der Waals surface area contributed by atoms with E-state index in [0.29, 0.717) is 5.92 Å². The zero-order valence-corrected chi connectivity index (χ0v) is 8.22. The zero-order chi connectivity index (χ0) is 9.52. The highest BCUT2D eigenvalue weighted by molar-refractivity contribution is 5.81. The molecule has 0 saturated heterocycles. The maximum Gasteiger partial charge on any atom is 0.221 e. The van der Waals surface area contributed by atoms with Crippen molar-refractivity contribution >= 4 is 5.91 Å². The molecule has 2 nitrogen and oxygen atoms in total. The number of rotatable bonds is 2. The van der Waals surface area contributed by atoms with Crippen molar-refractivity contribution in [1.82, 2.24) is 0 Å². The van der Waals surface area contributed by atoms with Gasteiger partial charge in [-0.1, -0.05) is 25.5 Å². The molecule has 1 amide bonds. The molecule has 2 heteroatoms. The third-order valence-corrected chi connectivity index (χ3v) is 2.73. The average Bonchev–Trinajstić information content (AvgIpc) is 2.32. The molecule has 0 aromatic carbocycles. The minimum Gasteiger partial charge on any atom is -0.369 e. The Morgan fingerprint density at radius 2 is 1.92 bits per heavy atom. The quantitative estimate of drug-likeness (QED) is 0.625. The van der Waals surface area contributed by atoms with Gasteiger partial charge in [-0.05, 0) is 25.2 Å². The summed E-state index contributed by atoms with van der Waals surface area (Å²) in [5.74, 6) is 0.245. The van der Waals surface area contributed by atoms with E-state index in [1.165, 1.54) is 5.57 Å². The molecule has 1 saturated carbocycles. The van der Waals surface area contributed by atoms with Gasteiger partial charge in [0.05, 0.1) is 5.92 Å². The molecule has 2 atom stereocenters. The first kappa shape index (κ1) is 9.30. The highest BCUT2D eigenvalue weighted by Gasteiger charge is 2.59. The second-order valence-electron chi connectivity index (χ2n) is 4.47. The largest absolute Gasteiger partial charge is 0.369 e. The normalized spacial score (nSPS) is 31.0. The minimum atomic E-state index is -0.164. The smallest absolute Gasteiger partial charge is 0.221 e. The Labute approximate surface area is 73.8 Å². The molecule has 2 N–H and O–H groups in total. The first-order chi connectivity index (χ1) is 5.37. The number of amides is 1. The third kappa shape index (κ3) is 1.38. The van der Waals surface area contributed by atoms with E-state index in [0.717, 1.165) is 0 Å². The van der Waals surface area contributed by atoms with E-state index in [2.05, 4.69) is 19.9 Å². The van der Waals surface area contributed by atoms with Gasteiger partial charge >= 0.3 is 0 Å². The molecule has 0 heterocycles. The molecular weight excluding hydrogens is 150 g/mol. The average molecular weight is 167 g/mol. The fourth-order valence-corrected chi connectivity index (χ4v) is 1.89. The molecule has 12 heavy (non-hydrogen) atoms. The second-order valence-corrected chi connectivity index (χ2v) is 4.47. The van der Waals surface area contributed by atoms with Crippen LogP contribution in [0.2, 0.25) is 0 Å². The van der Waals surface area contributed by atoms with Crippen LogP contribution in [0.3, 0.4) is 0 Å². The summed E-state index contributed by atoms with van der Waals surface area (Å²) >= 11 is 0. The van der Waals surface area contributed by atoms with Gasteiger partial charge < -0.3 is 5.73 Å². The van der Waals surface area contributed by atoms with E-state index in [4.69, 9.17) is 5.73 Å². The molecule has 1 fully saturated rings. The lowest BCUT2D eigenvalue weighted by molar-refractivity contribution is -0.119. The number of hydrogen-bond donors (Lipinski definition) is 1. The summed E-state index contributed by atoms with van der Waals surface area (Å²) in [4.78, 5) is 11.0. The van der Waals surface area contributed by atoms with Gasteiger partial charge in [0, 0.05) is 0 Å². The zero-order valence-electron chi connectivity index (χ0n) is 8.22. The Balaban J connectivity index is 2.73. The van der Waals surface area contributed by atoms with Crippen molar-refractivity contribution in [3.63, 3.8) is 0 Å². The van der Waals surface area contributed by atoms with Gasteiger partial charge in [-0.25, -0.2) is 0 Å². The predicted octanol–water partition coefficient (Wildman–Crippen LogP) is 1.71. The number of primary amides is 1. The van der Waals surface area contributed by atoms with Gasteiger partial charge in [0.15, 0.2) is 0 Å². The van der Waals surface area contributed by atoms with Crippen LogP contribution >= 0.6 is 0 Å². The van der Waals surface area contributed by atoms with Gasteiger partial charge in [-0.3, -0.25) is 4.79 Å². The van der Waals surface area contributed by atoms with Crippen molar-refractivity contribution in [2.45, 2.75) is 27.7 Å². The van der Waals surface area contributed by atoms with Crippen LogP contribution in [0.25, 0.3) is 0 Å². The highest BCUT2D eigenvalue weighted by atomic mass is 16.1. The van der Waals surface area contributed by atoms with Gasteiger partial charge in [-0.15, -0.1) is 0 Å². The Bertz CT molecular complexity index is 236. The number of carbonyl (C=O) groups excluding carboxylic acids is 1. The van der Waals surface area contributed by atoms with Crippen LogP contribution < -0.4 is 5.73 Å². The molecule has 0 aliphatic heterocycles. The first-order valence-electron chi connectivity index (χ1n) is 4.31. The third-order valence-electron chi connectivity index (χ3n) is 2.73. The fraction of sp³-hybridized carbons (Fsp3) is 0.700. The molecule has 1 rings (SSSR count). The van der Waals surface area contributed by atoms with Crippen LogP contribution in [-0.2, 0) is 4.79 Å². The Kier molecular flexibility index (Phi) is 2.02. The SMILES string of the molecule is CC(C)=C[C@H]1[C@H](C(N)=O)C1(C)C. The van der Waals surface area contributed by atoms with Gasteiger partial charge in [0.1, 0.15) is 0 Å². The summed E-state index contributed by atoms with van der Waals surface area (Å²) in [6, 6.07) is 0. The van der Waals surface area contributed by atoms with Crippen molar-refractivity contribution < 1.29 is 4.79 Å². The van der Waals surface area contributed by atoms with Crippen molar-refractivity contribution in [2.75, 3.05) is 0 Å². The molecule has 0 unspecified atom stereocenters. The van der Waals surface area contributed by atoms with Crippen molar-refractivity contribution in [2.24, 2.45) is 23.0 Å². The maximum atomic E-state index is 11.0. The summed E-state index contributed by atoms with van der Waals surface area (Å²) < 4.78 is 0. The monoisotopic (exact) mass is 167 g/mol. The van der Waals surface area contributed by atoms with E-state index < -0.39 is 0 Å². The lowest BCUT2D eigenvalue weighted by atomic mass is 10.1. The molecule has 0 aromatic heterocycles. The topological polar surface area (TPSA) is 43.1 Å². The Hall–Kier alpha value is -0.790. The van der Waals surface area contributed by atoms with Crippen molar-refractivity contribution in [3.8, 4) is 0 Å². The molecule has 0 spiro atoms. The van der Waals surface area contributed by atoms with E-state index in [9.17, 15) is 4.79 Å². The number of allylic oxidation sites excluding steroid dienone is 2. The molecule has 1 aliphatic rings. The summed E-state index contributed by atoms with van der Waals surface area (Å²) in [5.41, 5.74) is 6.62. The van der Waals surface area contributed by atoms with E-state index in [1.807, 2.05) is 13.8 Å². The van der Waals surface area contributed by atoms with E-state index >= 15 is 0 Å². The number of carbonyl (C=O) groups is 1. The minimum absolute atomic E-state index is 0.0485. The van der Waals surface area contributed by atoms with Crippen molar-refractivity contribution in [1.29, 1.82) is 0 Å². The lowest BCUT2D eigenvalue weighted by Gasteiger charge is -1.97. The van der Waals surface area contributed by atoms with Crippen LogP contribution in [0.15, 0.2) is 11.6 Å². The van der Waals surface area contributed by atoms with E-state index in [1.54, 1.807) is 0 Å². The second kappa shape index (κ2) is 2.61. The highest BCUT2D eigenvalue weighted by Crippen LogP contribution is 2.58. The Morgan fingerprint density at radius 1 is 1.42 bits per heavy atom. The number of nitrogens with two attached hydrogens (primary N) is 1.